The molecule has 0 aliphatic carbocycles. The zero-order valence-electron chi connectivity index (χ0n) is 11.4. The molecule has 0 saturated carbocycles. The third-order valence-corrected chi connectivity index (χ3v) is 3.64. The molecule has 2 atom stereocenters. The zero-order chi connectivity index (χ0) is 13.8. The number of nitrogens with zero attached hydrogens (tertiary/aromatic N) is 1. The number of aromatic nitrogens is 1. The normalized spacial score (nSPS) is 14.1. The molecule has 0 saturated heterocycles. The van der Waals surface area contributed by atoms with E-state index in [9.17, 15) is 5.11 Å². The smallest absolute Gasteiger partial charge is 0.0870 e. The Kier molecular flexibility index (Phi) is 4.30. The lowest BCUT2D eigenvalue weighted by Crippen LogP contribution is -2.20. The second-order valence-electron chi connectivity index (χ2n) is 4.91. The van der Waals surface area contributed by atoms with Crippen molar-refractivity contribution in [2.45, 2.75) is 25.9 Å². The summed E-state index contributed by atoms with van der Waals surface area (Å²) in [7, 11) is 0. The Bertz CT molecular complexity index is 540. The van der Waals surface area contributed by atoms with Gasteiger partial charge in [-0.05, 0) is 48.2 Å². The summed E-state index contributed by atoms with van der Waals surface area (Å²) in [6, 6.07) is 9.85. The molecule has 100 valence electrons. The lowest BCUT2D eigenvalue weighted by Gasteiger charge is -2.22. The van der Waals surface area contributed by atoms with Gasteiger partial charge in [-0.1, -0.05) is 18.2 Å². The van der Waals surface area contributed by atoms with Crippen molar-refractivity contribution in [1.82, 2.24) is 4.98 Å². The van der Waals surface area contributed by atoms with Gasteiger partial charge in [0.15, 0.2) is 0 Å². The highest BCUT2D eigenvalue weighted by Gasteiger charge is 2.21. The number of aryl methyl sites for hydroxylation is 2. The minimum absolute atomic E-state index is 0.106. The van der Waals surface area contributed by atoms with Gasteiger partial charge in [0.25, 0.3) is 0 Å². The van der Waals surface area contributed by atoms with Gasteiger partial charge in [-0.3, -0.25) is 4.98 Å². The second-order valence-corrected chi connectivity index (χ2v) is 4.91. The average molecular weight is 256 g/mol. The summed E-state index contributed by atoms with van der Waals surface area (Å²) in [6.07, 6.45) is 2.86. The summed E-state index contributed by atoms with van der Waals surface area (Å²) in [5.41, 5.74) is 10.2. The topological polar surface area (TPSA) is 59.1 Å². The van der Waals surface area contributed by atoms with Gasteiger partial charge in [0.1, 0.15) is 0 Å². The third kappa shape index (κ3) is 3.00. The monoisotopic (exact) mass is 256 g/mol. The van der Waals surface area contributed by atoms with E-state index >= 15 is 0 Å². The number of rotatable bonds is 4. The van der Waals surface area contributed by atoms with Crippen LogP contribution < -0.4 is 5.73 Å². The van der Waals surface area contributed by atoms with Gasteiger partial charge in [0.05, 0.1) is 6.10 Å². The van der Waals surface area contributed by atoms with Crippen LogP contribution in [-0.4, -0.2) is 16.6 Å². The average Bonchev–Trinajstić information content (AvgIpc) is 2.44. The molecule has 1 heterocycles. The summed E-state index contributed by atoms with van der Waals surface area (Å²) >= 11 is 0. The first-order valence-corrected chi connectivity index (χ1v) is 6.48. The van der Waals surface area contributed by atoms with Crippen LogP contribution in [0.2, 0.25) is 0 Å². The van der Waals surface area contributed by atoms with Crippen molar-refractivity contribution >= 4 is 0 Å². The van der Waals surface area contributed by atoms with Crippen LogP contribution in [0.3, 0.4) is 0 Å². The molecule has 0 fully saturated rings. The first-order chi connectivity index (χ1) is 9.13. The summed E-state index contributed by atoms with van der Waals surface area (Å²) in [6.45, 7) is 4.52. The molecule has 0 aliphatic heterocycles. The Morgan fingerprint density at radius 3 is 2.32 bits per heavy atom. The zero-order valence-corrected chi connectivity index (χ0v) is 11.4. The van der Waals surface area contributed by atoms with Crippen molar-refractivity contribution in [3.8, 4) is 0 Å². The molecule has 0 amide bonds. The maximum absolute atomic E-state index is 10.5. The molecule has 0 aliphatic rings. The van der Waals surface area contributed by atoms with E-state index in [1.807, 2.05) is 30.3 Å². The molecule has 3 nitrogen and oxygen atoms in total. The van der Waals surface area contributed by atoms with Crippen LogP contribution in [-0.2, 0) is 0 Å². The number of benzene rings is 1. The van der Waals surface area contributed by atoms with Gasteiger partial charge in [-0.25, -0.2) is 0 Å². The molecule has 3 heteroatoms. The second kappa shape index (κ2) is 5.95. The number of nitrogens with two attached hydrogens (primary N) is 1. The summed E-state index contributed by atoms with van der Waals surface area (Å²) in [4.78, 5) is 4.00. The van der Waals surface area contributed by atoms with Crippen LogP contribution in [0, 0.1) is 13.8 Å². The minimum atomic E-state index is -0.591. The van der Waals surface area contributed by atoms with Crippen LogP contribution in [0.5, 0.6) is 0 Å². The van der Waals surface area contributed by atoms with Gasteiger partial charge in [0, 0.05) is 24.9 Å². The summed E-state index contributed by atoms with van der Waals surface area (Å²) < 4.78 is 0. The molecule has 1 aromatic carbocycles. The quantitative estimate of drug-likeness (QED) is 0.883. The highest BCUT2D eigenvalue weighted by Crippen LogP contribution is 2.30. The highest BCUT2D eigenvalue weighted by molar-refractivity contribution is 5.33. The van der Waals surface area contributed by atoms with Gasteiger partial charge >= 0.3 is 0 Å². The fourth-order valence-corrected chi connectivity index (χ4v) is 2.24. The lowest BCUT2D eigenvalue weighted by atomic mass is 9.88. The van der Waals surface area contributed by atoms with E-state index in [1.165, 1.54) is 11.1 Å². The molecular weight excluding hydrogens is 236 g/mol. The summed E-state index contributed by atoms with van der Waals surface area (Å²) in [5, 5.41) is 10.5. The molecule has 2 rings (SSSR count). The SMILES string of the molecule is Cc1ccc(C(O)C(CN)c2ccncc2)cc1C. The van der Waals surface area contributed by atoms with E-state index in [4.69, 9.17) is 5.73 Å². The molecule has 0 bridgehead atoms. The van der Waals surface area contributed by atoms with E-state index in [-0.39, 0.29) is 5.92 Å². The Balaban J connectivity index is 2.30. The molecular formula is C16H20N2O. The Hall–Kier alpha value is -1.71. The van der Waals surface area contributed by atoms with E-state index in [0.717, 1.165) is 11.1 Å². The molecule has 0 spiro atoms. The lowest BCUT2D eigenvalue weighted by molar-refractivity contribution is 0.147. The first-order valence-electron chi connectivity index (χ1n) is 6.48. The Morgan fingerprint density at radius 2 is 1.74 bits per heavy atom. The van der Waals surface area contributed by atoms with Crippen molar-refractivity contribution in [3.63, 3.8) is 0 Å². The summed E-state index contributed by atoms with van der Waals surface area (Å²) in [5.74, 6) is -0.106. The van der Waals surface area contributed by atoms with Crippen LogP contribution in [0.4, 0.5) is 0 Å². The number of aliphatic hydroxyl groups excluding tert-OH is 1. The maximum Gasteiger partial charge on any atom is 0.0870 e. The van der Waals surface area contributed by atoms with E-state index < -0.39 is 6.10 Å². The Morgan fingerprint density at radius 1 is 1.05 bits per heavy atom. The van der Waals surface area contributed by atoms with Crippen LogP contribution in [0.15, 0.2) is 42.7 Å². The number of aliphatic hydroxyl groups is 1. The van der Waals surface area contributed by atoms with Crippen molar-refractivity contribution in [2.75, 3.05) is 6.54 Å². The molecule has 2 unspecified atom stereocenters. The van der Waals surface area contributed by atoms with Gasteiger partial charge in [-0.15, -0.1) is 0 Å². The van der Waals surface area contributed by atoms with Crippen LogP contribution >= 0.6 is 0 Å². The van der Waals surface area contributed by atoms with E-state index in [1.54, 1.807) is 12.4 Å². The molecule has 0 radical (unpaired) electrons. The van der Waals surface area contributed by atoms with Gasteiger partial charge in [0.2, 0.25) is 0 Å². The molecule has 3 N–H and O–H groups in total. The molecule has 19 heavy (non-hydrogen) atoms. The Labute approximate surface area is 114 Å². The number of hydrogen-bond acceptors (Lipinski definition) is 3. The minimum Gasteiger partial charge on any atom is -0.388 e. The highest BCUT2D eigenvalue weighted by atomic mass is 16.3. The molecule has 1 aromatic heterocycles. The largest absolute Gasteiger partial charge is 0.388 e. The van der Waals surface area contributed by atoms with Crippen molar-refractivity contribution in [3.05, 3.63) is 65.0 Å². The predicted octanol–water partition coefficient (Wildman–Crippen LogP) is 2.47. The van der Waals surface area contributed by atoms with Crippen molar-refractivity contribution in [1.29, 1.82) is 0 Å². The first kappa shape index (κ1) is 13.7. The van der Waals surface area contributed by atoms with Crippen molar-refractivity contribution < 1.29 is 5.11 Å². The standard InChI is InChI=1S/C16H20N2O/c1-11-3-4-14(9-12(11)2)16(19)15(10-17)13-5-7-18-8-6-13/h3-9,15-16,19H,10,17H2,1-2H3. The molecule has 2 aromatic rings. The van der Waals surface area contributed by atoms with E-state index in [2.05, 4.69) is 18.8 Å². The van der Waals surface area contributed by atoms with Gasteiger partial charge < -0.3 is 10.8 Å². The predicted molar refractivity (Wildman–Crippen MR) is 76.9 cm³/mol. The fraction of sp³-hybridized carbons (Fsp3) is 0.312. The van der Waals surface area contributed by atoms with Crippen LogP contribution in [0.1, 0.15) is 34.3 Å². The third-order valence-electron chi connectivity index (χ3n) is 3.64. The maximum atomic E-state index is 10.5. The number of hydrogen-bond donors (Lipinski definition) is 2. The van der Waals surface area contributed by atoms with Crippen molar-refractivity contribution in [2.24, 2.45) is 5.73 Å². The number of pyridine rings is 1. The van der Waals surface area contributed by atoms with Gasteiger partial charge in [-0.2, -0.15) is 0 Å². The van der Waals surface area contributed by atoms with Crippen LogP contribution in [0.25, 0.3) is 0 Å². The fourth-order valence-electron chi connectivity index (χ4n) is 2.24. The van der Waals surface area contributed by atoms with E-state index in [0.29, 0.717) is 6.54 Å².